The van der Waals surface area contributed by atoms with Crippen molar-refractivity contribution in [3.8, 4) is 0 Å². The molecule has 0 spiro atoms. The number of carbonyl (C=O) groups excluding carboxylic acids is 2. The van der Waals surface area contributed by atoms with E-state index in [1.54, 1.807) is 30.0 Å². The highest BCUT2D eigenvalue weighted by atomic mass is 35.5. The van der Waals surface area contributed by atoms with E-state index in [-0.39, 0.29) is 24.4 Å². The molecule has 1 aliphatic carbocycles. The third-order valence-electron chi connectivity index (χ3n) is 6.53. The van der Waals surface area contributed by atoms with Crippen molar-refractivity contribution in [1.82, 2.24) is 10.2 Å². The van der Waals surface area contributed by atoms with Crippen LogP contribution in [0.5, 0.6) is 0 Å². The van der Waals surface area contributed by atoms with E-state index in [1.165, 1.54) is 5.56 Å². The Morgan fingerprint density at radius 2 is 1.61 bits per heavy atom. The van der Waals surface area contributed by atoms with Crippen molar-refractivity contribution in [1.29, 1.82) is 0 Å². The molecule has 0 heterocycles. The molecule has 6 heteroatoms. The zero-order valence-electron chi connectivity index (χ0n) is 19.7. The number of nitrogens with zero attached hydrogens (tertiary/aromatic N) is 1. The van der Waals surface area contributed by atoms with E-state index < -0.39 is 6.04 Å². The summed E-state index contributed by atoms with van der Waals surface area (Å²) in [4.78, 5) is 28.0. The molecule has 1 atom stereocenters. The van der Waals surface area contributed by atoms with E-state index in [0.717, 1.165) is 31.2 Å². The molecule has 3 rings (SSSR count). The van der Waals surface area contributed by atoms with Crippen LogP contribution in [0, 0.1) is 0 Å². The van der Waals surface area contributed by atoms with Gasteiger partial charge in [-0.3, -0.25) is 9.59 Å². The standard InChI is InChI=1S/C27H34Cl2N2O2/c1-18(2)21-14-11-20(12-15-21)13-16-26(32)31(17-23-24(28)9-6-10-25(23)29)19(3)27(33)30-22-7-4-5-8-22/h6,9-12,14-15,18-19,22H,4-5,7-8,13,16-17H2,1-3H3,(H,30,33)/t19-/m1/s1. The van der Waals surface area contributed by atoms with Gasteiger partial charge in [-0.1, -0.05) is 80.2 Å². The number of hydrogen-bond acceptors (Lipinski definition) is 2. The lowest BCUT2D eigenvalue weighted by atomic mass is 10.00. The van der Waals surface area contributed by atoms with Crippen LogP contribution >= 0.6 is 23.2 Å². The summed E-state index contributed by atoms with van der Waals surface area (Å²) in [7, 11) is 0. The van der Waals surface area contributed by atoms with E-state index in [0.29, 0.717) is 34.4 Å². The molecule has 0 unspecified atom stereocenters. The van der Waals surface area contributed by atoms with Gasteiger partial charge in [0.15, 0.2) is 0 Å². The highest BCUT2D eigenvalue weighted by Gasteiger charge is 2.29. The van der Waals surface area contributed by atoms with Crippen LogP contribution in [0.15, 0.2) is 42.5 Å². The number of halogens is 2. The number of benzene rings is 2. The van der Waals surface area contributed by atoms with Crippen molar-refractivity contribution in [2.24, 2.45) is 0 Å². The molecule has 1 saturated carbocycles. The SMILES string of the molecule is CC(C)c1ccc(CCC(=O)N(Cc2c(Cl)cccc2Cl)[C@H](C)C(=O)NC2CCCC2)cc1. The topological polar surface area (TPSA) is 49.4 Å². The number of carbonyl (C=O) groups is 2. The van der Waals surface area contributed by atoms with Gasteiger partial charge in [-0.05, 0) is 55.4 Å². The maximum Gasteiger partial charge on any atom is 0.242 e. The van der Waals surface area contributed by atoms with E-state index in [1.807, 2.05) is 0 Å². The summed E-state index contributed by atoms with van der Waals surface area (Å²) in [6.07, 6.45) is 5.18. The van der Waals surface area contributed by atoms with Crippen molar-refractivity contribution < 1.29 is 9.59 Å². The summed E-state index contributed by atoms with van der Waals surface area (Å²) < 4.78 is 0. The number of hydrogen-bond donors (Lipinski definition) is 1. The molecule has 0 aromatic heterocycles. The van der Waals surface area contributed by atoms with Crippen molar-refractivity contribution in [3.63, 3.8) is 0 Å². The third-order valence-corrected chi connectivity index (χ3v) is 7.24. The van der Waals surface area contributed by atoms with Crippen LogP contribution in [0.3, 0.4) is 0 Å². The van der Waals surface area contributed by atoms with Gasteiger partial charge in [0, 0.05) is 34.6 Å². The van der Waals surface area contributed by atoms with E-state index in [2.05, 4.69) is 43.4 Å². The first-order chi connectivity index (χ1) is 15.8. The van der Waals surface area contributed by atoms with Gasteiger partial charge in [-0.15, -0.1) is 0 Å². The van der Waals surface area contributed by atoms with Crippen LogP contribution in [-0.2, 0) is 22.6 Å². The first kappa shape index (κ1) is 25.6. The minimum Gasteiger partial charge on any atom is -0.352 e. The monoisotopic (exact) mass is 488 g/mol. The first-order valence-electron chi connectivity index (χ1n) is 11.9. The maximum absolute atomic E-state index is 13.4. The summed E-state index contributed by atoms with van der Waals surface area (Å²) in [6, 6.07) is 13.2. The van der Waals surface area contributed by atoms with Crippen LogP contribution in [0.4, 0.5) is 0 Å². The fourth-order valence-electron chi connectivity index (χ4n) is 4.29. The number of amides is 2. The van der Waals surface area contributed by atoms with Crippen LogP contribution in [0.2, 0.25) is 10.0 Å². The molecule has 33 heavy (non-hydrogen) atoms. The minimum atomic E-state index is -0.617. The Morgan fingerprint density at radius 3 is 2.18 bits per heavy atom. The summed E-state index contributed by atoms with van der Waals surface area (Å²) in [5.41, 5.74) is 3.04. The molecule has 2 aromatic rings. The average Bonchev–Trinajstić information content (AvgIpc) is 3.30. The Morgan fingerprint density at radius 1 is 1.00 bits per heavy atom. The number of rotatable bonds is 9. The molecule has 4 nitrogen and oxygen atoms in total. The molecule has 0 saturated heterocycles. The average molecular weight is 489 g/mol. The Balaban J connectivity index is 1.74. The molecule has 1 aliphatic rings. The van der Waals surface area contributed by atoms with E-state index >= 15 is 0 Å². The predicted octanol–water partition coefficient (Wildman–Crippen LogP) is 6.53. The summed E-state index contributed by atoms with van der Waals surface area (Å²) >= 11 is 12.8. The van der Waals surface area contributed by atoms with Crippen molar-refractivity contribution >= 4 is 35.0 Å². The van der Waals surface area contributed by atoms with Crippen molar-refractivity contribution in [3.05, 3.63) is 69.2 Å². The van der Waals surface area contributed by atoms with Crippen LogP contribution in [-0.4, -0.2) is 28.8 Å². The maximum atomic E-state index is 13.4. The second-order valence-corrected chi connectivity index (χ2v) is 10.1. The second-order valence-electron chi connectivity index (χ2n) is 9.28. The molecule has 0 aliphatic heterocycles. The van der Waals surface area contributed by atoms with Gasteiger partial charge in [0.05, 0.1) is 0 Å². The molecule has 1 fully saturated rings. The van der Waals surface area contributed by atoms with Crippen LogP contribution < -0.4 is 5.32 Å². The van der Waals surface area contributed by atoms with Crippen LogP contribution in [0.1, 0.15) is 75.5 Å². The van der Waals surface area contributed by atoms with Gasteiger partial charge < -0.3 is 10.2 Å². The Labute approximate surface area is 207 Å². The molecule has 178 valence electrons. The van der Waals surface area contributed by atoms with Crippen molar-refractivity contribution in [2.75, 3.05) is 0 Å². The molecular formula is C27H34Cl2N2O2. The lowest BCUT2D eigenvalue weighted by molar-refractivity contribution is -0.140. The molecule has 0 radical (unpaired) electrons. The van der Waals surface area contributed by atoms with Gasteiger partial charge in [0.1, 0.15) is 6.04 Å². The Bertz CT molecular complexity index is 933. The van der Waals surface area contributed by atoms with Gasteiger partial charge in [-0.2, -0.15) is 0 Å². The number of nitrogens with one attached hydrogen (secondary N) is 1. The summed E-state index contributed by atoms with van der Waals surface area (Å²) in [5, 5.41) is 4.11. The Kier molecular flexibility index (Phi) is 9.22. The van der Waals surface area contributed by atoms with Gasteiger partial charge in [0.25, 0.3) is 0 Å². The molecular weight excluding hydrogens is 455 g/mol. The molecule has 2 amide bonds. The molecule has 2 aromatic carbocycles. The van der Waals surface area contributed by atoms with E-state index in [4.69, 9.17) is 23.2 Å². The normalized spacial score (nSPS) is 15.0. The first-order valence-corrected chi connectivity index (χ1v) is 12.6. The largest absolute Gasteiger partial charge is 0.352 e. The quantitative estimate of drug-likeness (QED) is 0.436. The van der Waals surface area contributed by atoms with Crippen LogP contribution in [0.25, 0.3) is 0 Å². The van der Waals surface area contributed by atoms with Gasteiger partial charge in [0.2, 0.25) is 11.8 Å². The third kappa shape index (κ3) is 6.97. The fourth-order valence-corrected chi connectivity index (χ4v) is 4.81. The predicted molar refractivity (Wildman–Crippen MR) is 136 cm³/mol. The lowest BCUT2D eigenvalue weighted by Crippen LogP contribution is -2.49. The lowest BCUT2D eigenvalue weighted by Gasteiger charge is -2.30. The summed E-state index contributed by atoms with van der Waals surface area (Å²) in [5.74, 6) is 0.253. The van der Waals surface area contributed by atoms with Gasteiger partial charge >= 0.3 is 0 Å². The zero-order valence-corrected chi connectivity index (χ0v) is 21.3. The highest BCUT2D eigenvalue weighted by Crippen LogP contribution is 2.27. The van der Waals surface area contributed by atoms with E-state index in [9.17, 15) is 9.59 Å². The molecule has 0 bridgehead atoms. The number of aryl methyl sites for hydroxylation is 1. The summed E-state index contributed by atoms with van der Waals surface area (Å²) in [6.45, 7) is 6.30. The Hall–Kier alpha value is -2.04. The fraction of sp³-hybridized carbons (Fsp3) is 0.481. The smallest absolute Gasteiger partial charge is 0.242 e. The highest BCUT2D eigenvalue weighted by molar-refractivity contribution is 6.36. The zero-order chi connectivity index (χ0) is 24.0. The van der Waals surface area contributed by atoms with Crippen molar-refractivity contribution in [2.45, 2.75) is 83.8 Å². The van der Waals surface area contributed by atoms with Gasteiger partial charge in [-0.25, -0.2) is 0 Å². The molecule has 1 N–H and O–H groups in total. The second kappa shape index (κ2) is 11.9. The minimum absolute atomic E-state index is 0.0898.